The molecule has 0 amide bonds. The minimum atomic E-state index is -0.313. The lowest BCUT2D eigenvalue weighted by Gasteiger charge is -2.12. The largest absolute Gasteiger partial charge is 0.294 e. The van der Waals surface area contributed by atoms with Crippen LogP contribution in [0.4, 0.5) is 4.39 Å². The molecule has 20 heavy (non-hydrogen) atoms. The summed E-state index contributed by atoms with van der Waals surface area (Å²) in [4.78, 5) is 8.54. The maximum absolute atomic E-state index is 13.6. The molecule has 1 unspecified atom stereocenters. The van der Waals surface area contributed by atoms with E-state index in [1.165, 1.54) is 12.1 Å². The molecule has 1 atom stereocenters. The smallest absolute Gasteiger partial charge is 0.132 e. The molecule has 0 aliphatic carbocycles. The molecule has 1 aromatic carbocycles. The molecule has 0 saturated carbocycles. The maximum Gasteiger partial charge on any atom is 0.132 e. The second kappa shape index (κ2) is 5.14. The Hall–Kier alpha value is -1.46. The zero-order valence-corrected chi connectivity index (χ0v) is 12.9. The van der Waals surface area contributed by atoms with E-state index in [2.05, 4.69) is 25.9 Å². The van der Waals surface area contributed by atoms with Crippen LogP contribution in [0.25, 0.3) is 16.7 Å². The highest BCUT2D eigenvalue weighted by Gasteiger charge is 2.18. The molecule has 0 radical (unpaired) electrons. The van der Waals surface area contributed by atoms with E-state index in [4.69, 9.17) is 11.6 Å². The fraction of sp³-hybridized carbons (Fsp3) is 0.143. The summed E-state index contributed by atoms with van der Waals surface area (Å²) in [6.45, 7) is 1.83. The second-order valence-electron chi connectivity index (χ2n) is 4.38. The number of nitrogens with zero attached hydrogens (tertiary/aromatic N) is 3. The zero-order valence-electron chi connectivity index (χ0n) is 10.5. The Morgan fingerprint density at radius 2 is 2.15 bits per heavy atom. The predicted molar refractivity (Wildman–Crippen MR) is 80.8 cm³/mol. The van der Waals surface area contributed by atoms with Crippen molar-refractivity contribution in [1.29, 1.82) is 0 Å². The molecule has 2 aromatic heterocycles. The molecule has 0 saturated heterocycles. The van der Waals surface area contributed by atoms with Gasteiger partial charge in [0.05, 0.1) is 22.8 Å². The van der Waals surface area contributed by atoms with Crippen LogP contribution >= 0.6 is 27.5 Å². The van der Waals surface area contributed by atoms with Gasteiger partial charge in [-0.1, -0.05) is 0 Å². The topological polar surface area (TPSA) is 30.7 Å². The molecule has 0 spiro atoms. The molecule has 0 fully saturated rings. The number of halogens is 3. The van der Waals surface area contributed by atoms with Crippen LogP contribution in [0.3, 0.4) is 0 Å². The van der Waals surface area contributed by atoms with Crippen molar-refractivity contribution in [2.24, 2.45) is 0 Å². The molecule has 3 aromatic rings. The number of alkyl halides is 1. The minimum absolute atomic E-state index is 0.308. The Labute approximate surface area is 128 Å². The standard InChI is InChI=1S/C14H10BrClFN3/c1-8(16)14-19-11-7-18-5-4-12(11)20(14)13-6-9(17)2-3-10(13)15/h2-8H,1H3. The first-order valence-electron chi connectivity index (χ1n) is 6.00. The summed E-state index contributed by atoms with van der Waals surface area (Å²) in [5.41, 5.74) is 2.24. The molecule has 2 heterocycles. The summed E-state index contributed by atoms with van der Waals surface area (Å²) in [5, 5.41) is -0.308. The summed E-state index contributed by atoms with van der Waals surface area (Å²) < 4.78 is 16.2. The van der Waals surface area contributed by atoms with E-state index in [9.17, 15) is 4.39 Å². The molecule has 0 aliphatic rings. The van der Waals surface area contributed by atoms with Gasteiger partial charge in [-0.25, -0.2) is 9.37 Å². The van der Waals surface area contributed by atoms with E-state index in [0.29, 0.717) is 11.5 Å². The van der Waals surface area contributed by atoms with Crippen molar-refractivity contribution in [1.82, 2.24) is 14.5 Å². The Kier molecular flexibility index (Phi) is 3.48. The average molecular weight is 355 g/mol. The van der Waals surface area contributed by atoms with Gasteiger partial charge in [0.1, 0.15) is 17.2 Å². The highest BCUT2D eigenvalue weighted by atomic mass is 79.9. The van der Waals surface area contributed by atoms with Gasteiger partial charge in [-0.15, -0.1) is 11.6 Å². The van der Waals surface area contributed by atoms with Gasteiger partial charge in [-0.3, -0.25) is 9.55 Å². The van der Waals surface area contributed by atoms with Gasteiger partial charge in [0.25, 0.3) is 0 Å². The van der Waals surface area contributed by atoms with Crippen LogP contribution in [-0.2, 0) is 0 Å². The Bertz CT molecular complexity index is 785. The molecular formula is C14H10BrClFN3. The van der Waals surface area contributed by atoms with Crippen LogP contribution in [0, 0.1) is 5.82 Å². The number of pyridine rings is 1. The predicted octanol–water partition coefficient (Wildman–Crippen LogP) is 4.62. The highest BCUT2D eigenvalue weighted by molar-refractivity contribution is 9.10. The third-order valence-electron chi connectivity index (χ3n) is 2.99. The fourth-order valence-electron chi connectivity index (χ4n) is 2.13. The molecular weight excluding hydrogens is 345 g/mol. The summed E-state index contributed by atoms with van der Waals surface area (Å²) >= 11 is 9.66. The van der Waals surface area contributed by atoms with Crippen molar-refractivity contribution in [3.63, 3.8) is 0 Å². The van der Waals surface area contributed by atoms with Crippen molar-refractivity contribution in [2.75, 3.05) is 0 Å². The minimum Gasteiger partial charge on any atom is -0.294 e. The molecule has 6 heteroatoms. The maximum atomic E-state index is 13.6. The summed E-state index contributed by atoms with van der Waals surface area (Å²) in [6.07, 6.45) is 3.35. The monoisotopic (exact) mass is 353 g/mol. The van der Waals surface area contributed by atoms with Gasteiger partial charge in [0.2, 0.25) is 0 Å². The number of rotatable bonds is 2. The quantitative estimate of drug-likeness (QED) is 0.629. The van der Waals surface area contributed by atoms with Gasteiger partial charge in [0, 0.05) is 10.7 Å². The Balaban J connectivity index is 2.39. The highest BCUT2D eigenvalue weighted by Crippen LogP contribution is 2.31. The molecule has 3 nitrogen and oxygen atoms in total. The Morgan fingerprint density at radius 1 is 1.35 bits per heavy atom. The lowest BCUT2D eigenvalue weighted by molar-refractivity contribution is 0.626. The summed E-state index contributed by atoms with van der Waals surface area (Å²) in [6, 6.07) is 6.36. The number of hydrogen-bond donors (Lipinski definition) is 0. The van der Waals surface area contributed by atoms with Crippen LogP contribution in [0.1, 0.15) is 18.1 Å². The SMILES string of the molecule is CC(Cl)c1nc2cnccc2n1-c1cc(F)ccc1Br. The van der Waals surface area contributed by atoms with Gasteiger partial charge in [0.15, 0.2) is 0 Å². The number of benzene rings is 1. The lowest BCUT2D eigenvalue weighted by atomic mass is 10.3. The molecule has 102 valence electrons. The summed E-state index contributed by atoms with van der Waals surface area (Å²) in [5.74, 6) is 0.341. The van der Waals surface area contributed by atoms with Crippen LogP contribution < -0.4 is 0 Å². The molecule has 0 bridgehead atoms. The van der Waals surface area contributed by atoms with E-state index in [1.54, 1.807) is 18.5 Å². The van der Waals surface area contributed by atoms with Crippen molar-refractivity contribution in [2.45, 2.75) is 12.3 Å². The van der Waals surface area contributed by atoms with Crippen LogP contribution in [0.15, 0.2) is 41.1 Å². The first-order chi connectivity index (χ1) is 9.58. The van der Waals surface area contributed by atoms with Gasteiger partial charge >= 0.3 is 0 Å². The van der Waals surface area contributed by atoms with E-state index in [-0.39, 0.29) is 11.2 Å². The number of imidazole rings is 1. The van der Waals surface area contributed by atoms with Crippen LogP contribution in [-0.4, -0.2) is 14.5 Å². The van der Waals surface area contributed by atoms with Crippen LogP contribution in [0.5, 0.6) is 0 Å². The second-order valence-corrected chi connectivity index (χ2v) is 5.89. The van der Waals surface area contributed by atoms with E-state index in [0.717, 1.165) is 15.5 Å². The van der Waals surface area contributed by atoms with E-state index >= 15 is 0 Å². The average Bonchev–Trinajstić information content (AvgIpc) is 2.81. The zero-order chi connectivity index (χ0) is 14.3. The van der Waals surface area contributed by atoms with Crippen molar-refractivity contribution >= 4 is 38.6 Å². The number of fused-ring (bicyclic) bond motifs is 1. The number of aromatic nitrogens is 3. The van der Waals surface area contributed by atoms with E-state index < -0.39 is 0 Å². The molecule has 3 rings (SSSR count). The van der Waals surface area contributed by atoms with Gasteiger partial charge in [-0.2, -0.15) is 0 Å². The summed E-state index contributed by atoms with van der Waals surface area (Å²) in [7, 11) is 0. The first kappa shape index (κ1) is 13.5. The molecule has 0 aliphatic heterocycles. The first-order valence-corrected chi connectivity index (χ1v) is 7.22. The van der Waals surface area contributed by atoms with Crippen molar-refractivity contribution in [3.8, 4) is 5.69 Å². The fourth-order valence-corrected chi connectivity index (χ4v) is 2.70. The lowest BCUT2D eigenvalue weighted by Crippen LogP contribution is -2.03. The van der Waals surface area contributed by atoms with Crippen LogP contribution in [0.2, 0.25) is 0 Å². The normalized spacial score (nSPS) is 12.8. The van der Waals surface area contributed by atoms with Gasteiger partial charge < -0.3 is 0 Å². The van der Waals surface area contributed by atoms with E-state index in [1.807, 2.05) is 17.6 Å². The number of hydrogen-bond acceptors (Lipinski definition) is 2. The Morgan fingerprint density at radius 3 is 2.90 bits per heavy atom. The van der Waals surface area contributed by atoms with Crippen molar-refractivity contribution < 1.29 is 4.39 Å². The van der Waals surface area contributed by atoms with Gasteiger partial charge in [-0.05, 0) is 47.1 Å². The van der Waals surface area contributed by atoms with Crippen molar-refractivity contribution in [3.05, 3.63) is 52.8 Å². The third kappa shape index (κ3) is 2.21. The third-order valence-corrected chi connectivity index (χ3v) is 3.85. The molecule has 0 N–H and O–H groups in total.